The summed E-state index contributed by atoms with van der Waals surface area (Å²) in [6.45, 7) is 14.6. The molecule has 0 saturated carbocycles. The van der Waals surface area contributed by atoms with Crippen molar-refractivity contribution in [3.63, 3.8) is 0 Å². The molecule has 2 rings (SSSR count). The van der Waals surface area contributed by atoms with Crippen LogP contribution in [0.2, 0.25) is 0 Å². The largest absolute Gasteiger partial charge is 0.460 e. The van der Waals surface area contributed by atoms with E-state index >= 15 is 0 Å². The van der Waals surface area contributed by atoms with Crippen LogP contribution in [-0.4, -0.2) is 48.7 Å². The highest BCUT2D eigenvalue weighted by Gasteiger charge is 2.35. The Balaban J connectivity index is 1.92. The fraction of sp³-hybridized carbons (Fsp3) is 0.941. The summed E-state index contributed by atoms with van der Waals surface area (Å²) in [4.78, 5) is 14.9. The quantitative estimate of drug-likeness (QED) is 0.794. The SMILES string of the molecule is C[C@@H]1C[C@H](C)CN([C@H]2CNC[C@@H](C(=O)OC(C)(C)C)C2)C1. The molecule has 0 aromatic heterocycles. The van der Waals surface area contributed by atoms with Crippen molar-refractivity contribution in [1.29, 1.82) is 0 Å². The van der Waals surface area contributed by atoms with Crippen LogP contribution in [0.15, 0.2) is 0 Å². The maximum absolute atomic E-state index is 12.3. The minimum Gasteiger partial charge on any atom is -0.460 e. The number of esters is 1. The maximum Gasteiger partial charge on any atom is 0.310 e. The van der Waals surface area contributed by atoms with Crippen LogP contribution < -0.4 is 5.32 Å². The van der Waals surface area contributed by atoms with E-state index < -0.39 is 5.60 Å². The molecule has 4 atom stereocenters. The minimum atomic E-state index is -0.391. The number of hydrogen-bond donors (Lipinski definition) is 1. The van der Waals surface area contributed by atoms with Crippen molar-refractivity contribution < 1.29 is 9.53 Å². The molecule has 0 spiro atoms. The van der Waals surface area contributed by atoms with Crippen LogP contribution in [0.25, 0.3) is 0 Å². The highest BCUT2D eigenvalue weighted by Crippen LogP contribution is 2.26. The molecule has 0 amide bonds. The predicted octanol–water partition coefficient (Wildman–Crippen LogP) is 2.28. The Morgan fingerprint density at radius 2 is 1.71 bits per heavy atom. The Hall–Kier alpha value is -0.610. The van der Waals surface area contributed by atoms with Crippen LogP contribution in [-0.2, 0) is 9.53 Å². The average molecular weight is 296 g/mol. The number of carbonyl (C=O) groups excluding carboxylic acids is 1. The van der Waals surface area contributed by atoms with Gasteiger partial charge in [0.25, 0.3) is 0 Å². The maximum atomic E-state index is 12.3. The van der Waals surface area contributed by atoms with E-state index in [9.17, 15) is 4.79 Å². The molecule has 2 fully saturated rings. The molecular formula is C17H32N2O2. The van der Waals surface area contributed by atoms with Crippen molar-refractivity contribution in [2.45, 2.75) is 59.1 Å². The fourth-order valence-corrected chi connectivity index (χ4v) is 3.77. The summed E-state index contributed by atoms with van der Waals surface area (Å²) >= 11 is 0. The predicted molar refractivity (Wildman–Crippen MR) is 85.1 cm³/mol. The molecule has 2 heterocycles. The van der Waals surface area contributed by atoms with E-state index in [1.807, 2.05) is 20.8 Å². The molecule has 21 heavy (non-hydrogen) atoms. The Bertz CT molecular complexity index is 354. The Morgan fingerprint density at radius 3 is 2.29 bits per heavy atom. The lowest BCUT2D eigenvalue weighted by molar-refractivity contribution is -0.161. The molecule has 0 unspecified atom stereocenters. The van der Waals surface area contributed by atoms with Crippen LogP contribution in [0.1, 0.15) is 47.5 Å². The molecule has 4 heteroatoms. The van der Waals surface area contributed by atoms with E-state index in [1.165, 1.54) is 6.42 Å². The highest BCUT2D eigenvalue weighted by atomic mass is 16.6. The second-order valence-corrected chi connectivity index (χ2v) is 8.18. The van der Waals surface area contributed by atoms with Gasteiger partial charge in [0, 0.05) is 32.2 Å². The molecule has 122 valence electrons. The lowest BCUT2D eigenvalue weighted by Crippen LogP contribution is -2.54. The number of piperidine rings is 2. The molecular weight excluding hydrogens is 264 g/mol. The van der Waals surface area contributed by atoms with Crippen LogP contribution in [0.3, 0.4) is 0 Å². The number of carbonyl (C=O) groups is 1. The lowest BCUT2D eigenvalue weighted by Gasteiger charge is -2.43. The molecule has 1 N–H and O–H groups in total. The third-order valence-electron chi connectivity index (χ3n) is 4.48. The summed E-state index contributed by atoms with van der Waals surface area (Å²) in [7, 11) is 0. The van der Waals surface area contributed by atoms with Crippen molar-refractivity contribution >= 4 is 5.97 Å². The first-order chi connectivity index (χ1) is 9.74. The van der Waals surface area contributed by atoms with Crippen molar-refractivity contribution in [1.82, 2.24) is 10.2 Å². The summed E-state index contributed by atoms with van der Waals surface area (Å²) in [5.74, 6) is 1.47. The van der Waals surface area contributed by atoms with Gasteiger partial charge in [0.05, 0.1) is 5.92 Å². The van der Waals surface area contributed by atoms with Crippen LogP contribution >= 0.6 is 0 Å². The molecule has 2 saturated heterocycles. The molecule has 0 bridgehead atoms. The third kappa shape index (κ3) is 4.96. The number of rotatable bonds is 2. The molecule has 0 radical (unpaired) electrons. The van der Waals surface area contributed by atoms with E-state index in [2.05, 4.69) is 24.1 Å². The van der Waals surface area contributed by atoms with Gasteiger partial charge in [-0.1, -0.05) is 13.8 Å². The lowest BCUT2D eigenvalue weighted by atomic mass is 9.88. The van der Waals surface area contributed by atoms with Gasteiger partial charge in [-0.05, 0) is 45.4 Å². The molecule has 4 nitrogen and oxygen atoms in total. The zero-order valence-corrected chi connectivity index (χ0v) is 14.3. The zero-order chi connectivity index (χ0) is 15.6. The second-order valence-electron chi connectivity index (χ2n) is 8.18. The first-order valence-electron chi connectivity index (χ1n) is 8.42. The van der Waals surface area contributed by atoms with Gasteiger partial charge in [0.2, 0.25) is 0 Å². The number of ether oxygens (including phenoxy) is 1. The van der Waals surface area contributed by atoms with Crippen molar-refractivity contribution in [3.05, 3.63) is 0 Å². The van der Waals surface area contributed by atoms with Crippen LogP contribution in [0, 0.1) is 17.8 Å². The van der Waals surface area contributed by atoms with Gasteiger partial charge in [-0.2, -0.15) is 0 Å². The molecule has 0 aromatic rings. The van der Waals surface area contributed by atoms with Crippen molar-refractivity contribution in [3.8, 4) is 0 Å². The van der Waals surface area contributed by atoms with E-state index in [1.54, 1.807) is 0 Å². The molecule has 2 aliphatic rings. The summed E-state index contributed by atoms with van der Waals surface area (Å²) in [6, 6.07) is 0.474. The van der Waals surface area contributed by atoms with E-state index in [4.69, 9.17) is 4.74 Å². The molecule has 0 aliphatic carbocycles. The normalized spacial score (nSPS) is 35.5. The van der Waals surface area contributed by atoms with E-state index in [-0.39, 0.29) is 11.9 Å². The smallest absolute Gasteiger partial charge is 0.310 e. The van der Waals surface area contributed by atoms with Gasteiger partial charge >= 0.3 is 5.97 Å². The van der Waals surface area contributed by atoms with Crippen LogP contribution in [0.4, 0.5) is 0 Å². The second kappa shape index (κ2) is 6.66. The number of hydrogen-bond acceptors (Lipinski definition) is 4. The first-order valence-corrected chi connectivity index (χ1v) is 8.42. The van der Waals surface area contributed by atoms with Crippen molar-refractivity contribution in [2.75, 3.05) is 26.2 Å². The van der Waals surface area contributed by atoms with Crippen molar-refractivity contribution in [2.24, 2.45) is 17.8 Å². The molecule has 2 aliphatic heterocycles. The Morgan fingerprint density at radius 1 is 1.10 bits per heavy atom. The average Bonchev–Trinajstić information content (AvgIpc) is 2.36. The Kier molecular flexibility index (Phi) is 5.31. The number of nitrogens with zero attached hydrogens (tertiary/aromatic N) is 1. The van der Waals surface area contributed by atoms with Crippen LogP contribution in [0.5, 0.6) is 0 Å². The van der Waals surface area contributed by atoms with Gasteiger partial charge in [0.15, 0.2) is 0 Å². The fourth-order valence-electron chi connectivity index (χ4n) is 3.77. The number of nitrogens with one attached hydrogen (secondary N) is 1. The first kappa shape index (κ1) is 16.8. The van der Waals surface area contributed by atoms with Gasteiger partial charge in [0.1, 0.15) is 5.60 Å². The summed E-state index contributed by atoms with van der Waals surface area (Å²) in [5, 5.41) is 3.44. The zero-order valence-electron chi connectivity index (χ0n) is 14.3. The summed E-state index contributed by atoms with van der Waals surface area (Å²) in [6.07, 6.45) is 2.26. The van der Waals surface area contributed by atoms with Gasteiger partial charge < -0.3 is 10.1 Å². The topological polar surface area (TPSA) is 41.6 Å². The summed E-state index contributed by atoms with van der Waals surface area (Å²) < 4.78 is 5.56. The third-order valence-corrected chi connectivity index (χ3v) is 4.48. The summed E-state index contributed by atoms with van der Waals surface area (Å²) in [5.41, 5.74) is -0.391. The van der Waals surface area contributed by atoms with Gasteiger partial charge in [-0.25, -0.2) is 0 Å². The molecule has 0 aromatic carbocycles. The van der Waals surface area contributed by atoms with Gasteiger partial charge in [-0.3, -0.25) is 9.69 Å². The monoisotopic (exact) mass is 296 g/mol. The Labute approximate surface area is 129 Å². The minimum absolute atomic E-state index is 0.00415. The van der Waals surface area contributed by atoms with E-state index in [0.717, 1.165) is 44.4 Å². The highest BCUT2D eigenvalue weighted by molar-refractivity contribution is 5.73. The van der Waals surface area contributed by atoms with Gasteiger partial charge in [-0.15, -0.1) is 0 Å². The van der Waals surface area contributed by atoms with E-state index in [0.29, 0.717) is 6.04 Å². The number of likely N-dealkylation sites (tertiary alicyclic amines) is 1. The standard InChI is InChI=1S/C17H32N2O2/c1-12-6-13(2)11-19(10-12)15-7-14(8-18-9-15)16(20)21-17(3,4)5/h12-15,18H,6-11H2,1-5H3/t12-,13+,14-,15+/m0/s1.